The van der Waals surface area contributed by atoms with Crippen LogP contribution in [0.25, 0.3) is 0 Å². The Bertz CT molecular complexity index is 386. The maximum atomic E-state index is 9.36. The molecule has 0 aliphatic carbocycles. The Kier molecular flexibility index (Phi) is 3.75. The van der Waals surface area contributed by atoms with Gasteiger partial charge in [0.05, 0.1) is 25.9 Å². The lowest BCUT2D eigenvalue weighted by Crippen LogP contribution is -2.48. The number of nitrogens with zero attached hydrogens (tertiary/aromatic N) is 3. The number of nitrogens with one attached hydrogen (secondary N) is 1. The van der Waals surface area contributed by atoms with Gasteiger partial charge in [-0.3, -0.25) is 0 Å². The second-order valence-electron chi connectivity index (χ2n) is 4.03. The van der Waals surface area contributed by atoms with Crippen molar-refractivity contribution in [2.75, 3.05) is 43.6 Å². The molecule has 1 aliphatic rings. The quantitative estimate of drug-likeness (QED) is 0.774. The van der Waals surface area contributed by atoms with Crippen LogP contribution < -0.4 is 10.2 Å². The molecule has 6 nitrogen and oxygen atoms in total. The molecular weight excluding hydrogens is 220 g/mol. The molecule has 1 aromatic heterocycles. The number of hydrogen-bond donors (Lipinski definition) is 2. The molecule has 1 aromatic rings. The standard InChI is InChI=1S/C11H18N4O2/c1-8-10(12-2)13-7-14-11(8)15-3-4-17-6-9(15)5-16/h7,9,16H,3-6H2,1-2H3,(H,12,13,14). The molecule has 0 bridgehead atoms. The van der Waals surface area contributed by atoms with Gasteiger partial charge in [-0.2, -0.15) is 0 Å². The van der Waals surface area contributed by atoms with E-state index in [0.29, 0.717) is 13.2 Å². The SMILES string of the molecule is CNc1ncnc(N2CCOCC2CO)c1C. The topological polar surface area (TPSA) is 70.5 Å². The number of aliphatic hydroxyl groups excluding tert-OH is 1. The van der Waals surface area contributed by atoms with E-state index in [-0.39, 0.29) is 12.6 Å². The third-order valence-electron chi connectivity index (χ3n) is 3.00. The Hall–Kier alpha value is -1.40. The molecule has 1 saturated heterocycles. The van der Waals surface area contributed by atoms with Crippen molar-refractivity contribution in [2.45, 2.75) is 13.0 Å². The smallest absolute Gasteiger partial charge is 0.137 e. The largest absolute Gasteiger partial charge is 0.394 e. The summed E-state index contributed by atoms with van der Waals surface area (Å²) in [5.41, 5.74) is 0.996. The third-order valence-corrected chi connectivity index (χ3v) is 3.00. The van der Waals surface area contributed by atoms with Crippen LogP contribution >= 0.6 is 0 Å². The summed E-state index contributed by atoms with van der Waals surface area (Å²) in [5, 5.41) is 12.4. The number of anilines is 2. The zero-order valence-corrected chi connectivity index (χ0v) is 10.2. The van der Waals surface area contributed by atoms with Crippen LogP contribution in [-0.2, 0) is 4.74 Å². The highest BCUT2D eigenvalue weighted by Crippen LogP contribution is 2.24. The van der Waals surface area contributed by atoms with E-state index in [9.17, 15) is 5.11 Å². The Morgan fingerprint density at radius 2 is 2.41 bits per heavy atom. The van der Waals surface area contributed by atoms with Crippen LogP contribution in [0.5, 0.6) is 0 Å². The van der Waals surface area contributed by atoms with Crippen LogP contribution in [0, 0.1) is 6.92 Å². The Balaban J connectivity index is 2.31. The summed E-state index contributed by atoms with van der Waals surface area (Å²) in [6.45, 7) is 3.99. The summed E-state index contributed by atoms with van der Waals surface area (Å²) in [4.78, 5) is 10.6. The molecule has 0 aromatic carbocycles. The first-order valence-electron chi connectivity index (χ1n) is 5.72. The van der Waals surface area contributed by atoms with E-state index in [1.807, 2.05) is 14.0 Å². The molecule has 1 atom stereocenters. The molecule has 0 saturated carbocycles. The van der Waals surface area contributed by atoms with Gasteiger partial charge >= 0.3 is 0 Å². The second-order valence-corrected chi connectivity index (χ2v) is 4.03. The Morgan fingerprint density at radius 3 is 3.12 bits per heavy atom. The molecule has 2 N–H and O–H groups in total. The summed E-state index contributed by atoms with van der Waals surface area (Å²) in [6.07, 6.45) is 1.54. The highest BCUT2D eigenvalue weighted by atomic mass is 16.5. The number of aliphatic hydroxyl groups is 1. The van der Waals surface area contributed by atoms with E-state index in [0.717, 1.165) is 23.7 Å². The fraction of sp³-hybridized carbons (Fsp3) is 0.636. The minimum Gasteiger partial charge on any atom is -0.394 e. The zero-order chi connectivity index (χ0) is 12.3. The van der Waals surface area contributed by atoms with Gasteiger partial charge in [0.25, 0.3) is 0 Å². The zero-order valence-electron chi connectivity index (χ0n) is 10.2. The van der Waals surface area contributed by atoms with Crippen LogP contribution in [0.3, 0.4) is 0 Å². The highest BCUT2D eigenvalue weighted by Gasteiger charge is 2.25. The van der Waals surface area contributed by atoms with E-state index in [2.05, 4.69) is 20.2 Å². The van der Waals surface area contributed by atoms with Crippen LogP contribution in [0.4, 0.5) is 11.6 Å². The first kappa shape index (κ1) is 12.1. The first-order valence-corrected chi connectivity index (χ1v) is 5.72. The second kappa shape index (κ2) is 5.29. The van der Waals surface area contributed by atoms with E-state index < -0.39 is 0 Å². The van der Waals surface area contributed by atoms with Crippen molar-refractivity contribution in [3.8, 4) is 0 Å². The van der Waals surface area contributed by atoms with E-state index in [1.54, 1.807) is 0 Å². The molecule has 0 spiro atoms. The Labute approximate surface area is 101 Å². The number of morpholine rings is 1. The summed E-state index contributed by atoms with van der Waals surface area (Å²) < 4.78 is 5.36. The van der Waals surface area contributed by atoms with Crippen molar-refractivity contribution >= 4 is 11.6 Å². The molecule has 2 rings (SSSR count). The van der Waals surface area contributed by atoms with Crippen molar-refractivity contribution in [2.24, 2.45) is 0 Å². The summed E-state index contributed by atoms with van der Waals surface area (Å²) >= 11 is 0. The van der Waals surface area contributed by atoms with Crippen molar-refractivity contribution in [1.82, 2.24) is 9.97 Å². The molecule has 94 valence electrons. The van der Waals surface area contributed by atoms with Crippen molar-refractivity contribution in [1.29, 1.82) is 0 Å². The molecule has 1 fully saturated rings. The predicted molar refractivity (Wildman–Crippen MR) is 65.4 cm³/mol. The molecule has 17 heavy (non-hydrogen) atoms. The summed E-state index contributed by atoms with van der Waals surface area (Å²) in [5.74, 6) is 1.69. The predicted octanol–water partition coefficient (Wildman–Crippen LogP) is 0.0242. The molecular formula is C11H18N4O2. The van der Waals surface area contributed by atoms with Gasteiger partial charge in [0.1, 0.15) is 18.0 Å². The van der Waals surface area contributed by atoms with Gasteiger partial charge in [0.15, 0.2) is 0 Å². The molecule has 1 aliphatic heterocycles. The van der Waals surface area contributed by atoms with Gasteiger partial charge in [-0.15, -0.1) is 0 Å². The lowest BCUT2D eigenvalue weighted by atomic mass is 10.2. The van der Waals surface area contributed by atoms with E-state index in [1.165, 1.54) is 6.33 Å². The minimum atomic E-state index is -0.0259. The van der Waals surface area contributed by atoms with Crippen LogP contribution in [0.2, 0.25) is 0 Å². The van der Waals surface area contributed by atoms with Gasteiger partial charge in [-0.1, -0.05) is 0 Å². The van der Waals surface area contributed by atoms with Gasteiger partial charge in [-0.05, 0) is 6.92 Å². The van der Waals surface area contributed by atoms with Gasteiger partial charge < -0.3 is 20.1 Å². The van der Waals surface area contributed by atoms with Crippen LogP contribution in [0.15, 0.2) is 6.33 Å². The van der Waals surface area contributed by atoms with Crippen LogP contribution in [-0.4, -0.2) is 54.5 Å². The van der Waals surface area contributed by atoms with Gasteiger partial charge in [0, 0.05) is 19.2 Å². The summed E-state index contributed by atoms with van der Waals surface area (Å²) in [6, 6.07) is -0.0259. The lowest BCUT2D eigenvalue weighted by Gasteiger charge is -2.36. The minimum absolute atomic E-state index is 0.0259. The number of ether oxygens (including phenoxy) is 1. The maximum Gasteiger partial charge on any atom is 0.137 e. The normalized spacial score (nSPS) is 20.4. The summed E-state index contributed by atoms with van der Waals surface area (Å²) in [7, 11) is 1.84. The van der Waals surface area contributed by atoms with E-state index in [4.69, 9.17) is 4.74 Å². The monoisotopic (exact) mass is 238 g/mol. The fourth-order valence-corrected chi connectivity index (χ4v) is 2.07. The maximum absolute atomic E-state index is 9.36. The van der Waals surface area contributed by atoms with Crippen LogP contribution in [0.1, 0.15) is 5.56 Å². The molecule has 6 heteroatoms. The molecule has 0 radical (unpaired) electrons. The van der Waals surface area contributed by atoms with Crippen molar-refractivity contribution in [3.05, 3.63) is 11.9 Å². The lowest BCUT2D eigenvalue weighted by molar-refractivity contribution is 0.0722. The molecule has 2 heterocycles. The number of rotatable bonds is 3. The average Bonchev–Trinajstić information content (AvgIpc) is 2.39. The Morgan fingerprint density at radius 1 is 1.59 bits per heavy atom. The van der Waals surface area contributed by atoms with Crippen molar-refractivity contribution in [3.63, 3.8) is 0 Å². The van der Waals surface area contributed by atoms with Gasteiger partial charge in [0.2, 0.25) is 0 Å². The van der Waals surface area contributed by atoms with Gasteiger partial charge in [-0.25, -0.2) is 9.97 Å². The number of hydrogen-bond acceptors (Lipinski definition) is 6. The third kappa shape index (κ3) is 2.32. The fourth-order valence-electron chi connectivity index (χ4n) is 2.07. The van der Waals surface area contributed by atoms with Crippen molar-refractivity contribution < 1.29 is 9.84 Å². The first-order chi connectivity index (χ1) is 8.27. The van der Waals surface area contributed by atoms with E-state index >= 15 is 0 Å². The average molecular weight is 238 g/mol. The molecule has 0 amide bonds. The highest BCUT2D eigenvalue weighted by molar-refractivity contribution is 5.58. The number of aromatic nitrogens is 2. The molecule has 1 unspecified atom stereocenters.